The summed E-state index contributed by atoms with van der Waals surface area (Å²) in [5, 5.41) is 4.21. The largest absolute Gasteiger partial charge is 0.404 e. The minimum absolute atomic E-state index is 0.237. The second-order valence-corrected chi connectivity index (χ2v) is 3.84. The molecule has 6 nitrogen and oxygen atoms in total. The van der Waals surface area contributed by atoms with Gasteiger partial charge in [-0.15, -0.1) is 5.10 Å². The zero-order valence-electron chi connectivity index (χ0n) is 9.97. The van der Waals surface area contributed by atoms with E-state index in [1.165, 1.54) is 6.20 Å². The zero-order valence-corrected chi connectivity index (χ0v) is 9.97. The Labute approximate surface area is 109 Å². The van der Waals surface area contributed by atoms with Crippen LogP contribution in [0.1, 0.15) is 0 Å². The van der Waals surface area contributed by atoms with Crippen molar-refractivity contribution in [3.05, 3.63) is 55.0 Å². The maximum atomic E-state index is 5.55. The summed E-state index contributed by atoms with van der Waals surface area (Å²) in [7, 11) is 0. The molecule has 0 spiro atoms. The highest BCUT2D eigenvalue weighted by Gasteiger charge is 2.05. The Balaban J connectivity index is 1.80. The molecule has 2 aromatic heterocycles. The van der Waals surface area contributed by atoms with Crippen LogP contribution in [-0.4, -0.2) is 19.7 Å². The lowest BCUT2D eigenvalue weighted by molar-refractivity contribution is 0.425. The van der Waals surface area contributed by atoms with Crippen molar-refractivity contribution in [3.63, 3.8) is 0 Å². The van der Waals surface area contributed by atoms with Crippen molar-refractivity contribution < 1.29 is 4.74 Å². The summed E-state index contributed by atoms with van der Waals surface area (Å²) in [6.07, 6.45) is 3.10. The fraction of sp³-hybridized carbons (Fsp3) is 0. The lowest BCUT2D eigenvalue weighted by Crippen LogP contribution is -1.95. The summed E-state index contributed by atoms with van der Waals surface area (Å²) in [6, 6.07) is 13.3. The lowest BCUT2D eigenvalue weighted by atomic mass is 10.3. The smallest absolute Gasteiger partial charge is 0.342 e. The fourth-order valence-electron chi connectivity index (χ4n) is 1.55. The summed E-state index contributed by atoms with van der Waals surface area (Å²) in [5.74, 6) is 0.403. The highest BCUT2D eigenvalue weighted by molar-refractivity contribution is 5.36. The topological polar surface area (TPSA) is 78.9 Å². The first-order chi connectivity index (χ1) is 9.31. The maximum Gasteiger partial charge on any atom is 0.342 e. The molecule has 3 rings (SSSR count). The summed E-state index contributed by atoms with van der Waals surface area (Å²) in [6.45, 7) is 0. The van der Waals surface area contributed by atoms with Gasteiger partial charge in [0.2, 0.25) is 5.88 Å². The molecule has 2 N–H and O–H groups in total. The summed E-state index contributed by atoms with van der Waals surface area (Å²) in [4.78, 5) is 8.09. The first kappa shape index (κ1) is 11.2. The van der Waals surface area contributed by atoms with Crippen LogP contribution in [0.4, 0.5) is 5.69 Å². The van der Waals surface area contributed by atoms with Crippen molar-refractivity contribution in [3.8, 4) is 17.6 Å². The molecule has 0 unspecified atom stereocenters. The van der Waals surface area contributed by atoms with Gasteiger partial charge in [0.25, 0.3) is 0 Å². The van der Waals surface area contributed by atoms with Crippen LogP contribution in [0.15, 0.2) is 55.0 Å². The Morgan fingerprint density at radius 1 is 1.00 bits per heavy atom. The van der Waals surface area contributed by atoms with E-state index in [1.54, 1.807) is 23.1 Å². The molecule has 0 saturated carbocycles. The van der Waals surface area contributed by atoms with Gasteiger partial charge in [-0.25, -0.2) is 9.67 Å². The average molecular weight is 253 g/mol. The van der Waals surface area contributed by atoms with Crippen LogP contribution in [0, 0.1) is 0 Å². The number of benzene rings is 1. The summed E-state index contributed by atoms with van der Waals surface area (Å²) < 4.78 is 7.06. The third kappa shape index (κ3) is 2.52. The van der Waals surface area contributed by atoms with Gasteiger partial charge >= 0.3 is 6.01 Å². The Morgan fingerprint density at radius 2 is 1.84 bits per heavy atom. The first-order valence-electron chi connectivity index (χ1n) is 5.68. The molecule has 0 aliphatic heterocycles. The second kappa shape index (κ2) is 4.77. The number of ether oxygens (including phenoxy) is 1. The molecule has 0 atom stereocenters. The van der Waals surface area contributed by atoms with Crippen LogP contribution < -0.4 is 10.5 Å². The molecule has 19 heavy (non-hydrogen) atoms. The lowest BCUT2D eigenvalue weighted by Gasteiger charge is -2.00. The van der Waals surface area contributed by atoms with E-state index in [0.717, 1.165) is 5.69 Å². The molecule has 0 amide bonds. The number of hydrogen-bond acceptors (Lipinski definition) is 5. The molecular formula is C13H11N5O. The Kier molecular flexibility index (Phi) is 2.82. The standard InChI is InChI=1S/C13H11N5O/c14-10-6-7-12(15-8-10)19-13-16-9-18(17-13)11-4-2-1-3-5-11/h1-9H,14H2. The van der Waals surface area contributed by atoms with Gasteiger partial charge in [0.05, 0.1) is 17.6 Å². The van der Waals surface area contributed by atoms with Gasteiger partial charge in [0.15, 0.2) is 0 Å². The van der Waals surface area contributed by atoms with Gasteiger partial charge in [-0.3, -0.25) is 0 Å². The van der Waals surface area contributed by atoms with Crippen LogP contribution in [-0.2, 0) is 0 Å². The predicted octanol–water partition coefficient (Wildman–Crippen LogP) is 2.04. The van der Waals surface area contributed by atoms with Crippen LogP contribution >= 0.6 is 0 Å². The van der Waals surface area contributed by atoms with Gasteiger partial charge in [-0.05, 0) is 18.2 Å². The van der Waals surface area contributed by atoms with E-state index in [9.17, 15) is 0 Å². The van der Waals surface area contributed by atoms with Gasteiger partial charge < -0.3 is 10.5 Å². The number of hydrogen-bond donors (Lipinski definition) is 1. The number of nitrogens with two attached hydrogens (primary N) is 1. The normalized spacial score (nSPS) is 10.3. The van der Waals surface area contributed by atoms with E-state index in [2.05, 4.69) is 15.1 Å². The van der Waals surface area contributed by atoms with Crippen LogP contribution in [0.2, 0.25) is 0 Å². The number of nitrogens with zero attached hydrogens (tertiary/aromatic N) is 4. The van der Waals surface area contributed by atoms with Crippen molar-refractivity contribution in [2.24, 2.45) is 0 Å². The molecule has 1 aromatic carbocycles. The van der Waals surface area contributed by atoms with Crippen molar-refractivity contribution in [1.82, 2.24) is 19.7 Å². The van der Waals surface area contributed by atoms with E-state index in [1.807, 2.05) is 30.3 Å². The number of para-hydroxylation sites is 1. The summed E-state index contributed by atoms with van der Waals surface area (Å²) in [5.41, 5.74) is 7.04. The fourth-order valence-corrected chi connectivity index (χ4v) is 1.55. The molecule has 0 aliphatic carbocycles. The molecule has 0 aliphatic rings. The highest BCUT2D eigenvalue weighted by Crippen LogP contribution is 2.16. The first-order valence-corrected chi connectivity index (χ1v) is 5.68. The molecule has 2 heterocycles. The van der Waals surface area contributed by atoms with Gasteiger partial charge in [-0.2, -0.15) is 4.98 Å². The predicted molar refractivity (Wildman–Crippen MR) is 70.1 cm³/mol. The molecule has 3 aromatic rings. The quantitative estimate of drug-likeness (QED) is 0.772. The number of anilines is 1. The van der Waals surface area contributed by atoms with Crippen LogP contribution in [0.3, 0.4) is 0 Å². The van der Waals surface area contributed by atoms with Crippen LogP contribution in [0.25, 0.3) is 5.69 Å². The monoisotopic (exact) mass is 253 g/mol. The van der Waals surface area contributed by atoms with E-state index < -0.39 is 0 Å². The van der Waals surface area contributed by atoms with Crippen LogP contribution in [0.5, 0.6) is 11.9 Å². The Hall–Kier alpha value is -2.89. The molecule has 0 bridgehead atoms. The Morgan fingerprint density at radius 3 is 2.58 bits per heavy atom. The summed E-state index contributed by atoms with van der Waals surface area (Å²) >= 11 is 0. The van der Waals surface area contributed by atoms with Gasteiger partial charge in [-0.1, -0.05) is 18.2 Å². The number of rotatable bonds is 3. The molecular weight excluding hydrogens is 242 g/mol. The SMILES string of the molecule is Nc1ccc(Oc2ncn(-c3ccccc3)n2)nc1. The van der Waals surface area contributed by atoms with E-state index in [0.29, 0.717) is 11.6 Å². The number of nitrogen functional groups attached to an aromatic ring is 1. The van der Waals surface area contributed by atoms with Gasteiger partial charge in [0, 0.05) is 6.07 Å². The van der Waals surface area contributed by atoms with E-state index in [-0.39, 0.29) is 6.01 Å². The van der Waals surface area contributed by atoms with Crippen molar-refractivity contribution in [2.75, 3.05) is 5.73 Å². The maximum absolute atomic E-state index is 5.55. The number of pyridine rings is 1. The van der Waals surface area contributed by atoms with Crippen molar-refractivity contribution >= 4 is 5.69 Å². The number of aromatic nitrogens is 4. The third-order valence-corrected chi connectivity index (χ3v) is 2.45. The third-order valence-electron chi connectivity index (χ3n) is 2.45. The van der Waals surface area contributed by atoms with Gasteiger partial charge in [0.1, 0.15) is 6.33 Å². The second-order valence-electron chi connectivity index (χ2n) is 3.84. The molecule has 0 radical (unpaired) electrons. The molecule has 6 heteroatoms. The van der Waals surface area contributed by atoms with Crippen molar-refractivity contribution in [2.45, 2.75) is 0 Å². The van der Waals surface area contributed by atoms with Crippen molar-refractivity contribution in [1.29, 1.82) is 0 Å². The Bertz CT molecular complexity index is 663. The molecule has 0 fully saturated rings. The van der Waals surface area contributed by atoms with E-state index >= 15 is 0 Å². The minimum Gasteiger partial charge on any atom is -0.404 e. The minimum atomic E-state index is 0.237. The average Bonchev–Trinajstić information content (AvgIpc) is 2.91. The molecule has 94 valence electrons. The highest BCUT2D eigenvalue weighted by atomic mass is 16.5. The molecule has 0 saturated heterocycles. The van der Waals surface area contributed by atoms with E-state index in [4.69, 9.17) is 10.5 Å². The zero-order chi connectivity index (χ0) is 13.1.